The zero-order chi connectivity index (χ0) is 11.5. The number of nitrogen functional groups attached to an aromatic ring is 1. The molecule has 0 saturated heterocycles. The Balaban J connectivity index is 2.34. The molecule has 82 valence electrons. The quantitative estimate of drug-likeness (QED) is 0.787. The number of hydrogen-bond donors (Lipinski definition) is 1. The Morgan fingerprint density at radius 1 is 1.31 bits per heavy atom. The van der Waals surface area contributed by atoms with Gasteiger partial charge in [-0.1, -0.05) is 6.07 Å². The number of ether oxygens (including phenoxy) is 1. The Kier molecular flexibility index (Phi) is 2.68. The summed E-state index contributed by atoms with van der Waals surface area (Å²) in [5, 5.41) is 0. The van der Waals surface area contributed by atoms with Crippen molar-refractivity contribution in [2.45, 2.75) is 6.92 Å². The molecule has 1 aromatic carbocycles. The SMILES string of the molecule is Cc1nccc(Oc2c(N)cccc2F)n1. The largest absolute Gasteiger partial charge is 0.434 e. The molecule has 1 heterocycles. The molecule has 0 aliphatic rings. The first-order valence-electron chi connectivity index (χ1n) is 4.68. The van der Waals surface area contributed by atoms with Crippen molar-refractivity contribution in [1.29, 1.82) is 0 Å². The number of para-hydroxylation sites is 1. The second-order valence-corrected chi connectivity index (χ2v) is 3.20. The van der Waals surface area contributed by atoms with E-state index in [4.69, 9.17) is 10.5 Å². The van der Waals surface area contributed by atoms with Crippen molar-refractivity contribution in [2.75, 3.05) is 5.73 Å². The van der Waals surface area contributed by atoms with Gasteiger partial charge in [0.05, 0.1) is 5.69 Å². The van der Waals surface area contributed by atoms with Crippen molar-refractivity contribution < 1.29 is 9.13 Å². The average Bonchev–Trinajstić information content (AvgIpc) is 2.24. The van der Waals surface area contributed by atoms with E-state index < -0.39 is 5.82 Å². The Morgan fingerprint density at radius 2 is 2.12 bits per heavy atom. The maximum Gasteiger partial charge on any atom is 0.222 e. The zero-order valence-electron chi connectivity index (χ0n) is 8.64. The van der Waals surface area contributed by atoms with Crippen LogP contribution in [0.4, 0.5) is 10.1 Å². The minimum Gasteiger partial charge on any atom is -0.434 e. The van der Waals surface area contributed by atoms with E-state index in [9.17, 15) is 4.39 Å². The lowest BCUT2D eigenvalue weighted by Crippen LogP contribution is -1.97. The Labute approximate surface area is 91.9 Å². The maximum atomic E-state index is 13.4. The molecule has 2 N–H and O–H groups in total. The normalized spacial score (nSPS) is 10.1. The number of halogens is 1. The summed E-state index contributed by atoms with van der Waals surface area (Å²) >= 11 is 0. The standard InChI is InChI=1S/C11H10FN3O/c1-7-14-6-5-10(15-7)16-11-8(12)3-2-4-9(11)13/h2-6H,13H2,1H3. The van der Waals surface area contributed by atoms with Gasteiger partial charge in [0.1, 0.15) is 5.82 Å². The molecule has 5 heteroatoms. The molecule has 4 nitrogen and oxygen atoms in total. The molecule has 0 amide bonds. The van der Waals surface area contributed by atoms with Crippen LogP contribution in [-0.2, 0) is 0 Å². The van der Waals surface area contributed by atoms with Gasteiger partial charge >= 0.3 is 0 Å². The summed E-state index contributed by atoms with van der Waals surface area (Å²) in [5.41, 5.74) is 5.83. The summed E-state index contributed by atoms with van der Waals surface area (Å²) in [5.74, 6) is 0.286. The van der Waals surface area contributed by atoms with Crippen molar-refractivity contribution in [1.82, 2.24) is 9.97 Å². The molecule has 0 spiro atoms. The van der Waals surface area contributed by atoms with Gasteiger partial charge in [-0.25, -0.2) is 9.37 Å². The van der Waals surface area contributed by atoms with E-state index in [2.05, 4.69) is 9.97 Å². The van der Waals surface area contributed by atoms with Crippen molar-refractivity contribution in [2.24, 2.45) is 0 Å². The molecular formula is C11H10FN3O. The average molecular weight is 219 g/mol. The lowest BCUT2D eigenvalue weighted by atomic mass is 10.3. The minimum absolute atomic E-state index is 0.0133. The Morgan fingerprint density at radius 3 is 2.81 bits per heavy atom. The van der Waals surface area contributed by atoms with E-state index in [1.54, 1.807) is 19.1 Å². The third-order valence-corrected chi connectivity index (χ3v) is 1.95. The fourth-order valence-electron chi connectivity index (χ4n) is 1.23. The number of aryl methyl sites for hydroxylation is 1. The smallest absolute Gasteiger partial charge is 0.222 e. The van der Waals surface area contributed by atoms with Crippen molar-refractivity contribution in [3.63, 3.8) is 0 Å². The van der Waals surface area contributed by atoms with Gasteiger partial charge in [-0.2, -0.15) is 4.98 Å². The summed E-state index contributed by atoms with van der Waals surface area (Å²) in [7, 11) is 0. The summed E-state index contributed by atoms with van der Waals surface area (Å²) in [6.07, 6.45) is 1.54. The predicted molar refractivity (Wildman–Crippen MR) is 57.7 cm³/mol. The molecule has 0 saturated carbocycles. The number of nitrogens with zero attached hydrogens (tertiary/aromatic N) is 2. The van der Waals surface area contributed by atoms with Crippen LogP contribution in [0.3, 0.4) is 0 Å². The van der Waals surface area contributed by atoms with E-state index in [1.807, 2.05) is 0 Å². The van der Waals surface area contributed by atoms with Gasteiger partial charge in [0.25, 0.3) is 0 Å². The molecule has 0 aliphatic carbocycles. The topological polar surface area (TPSA) is 61.0 Å². The van der Waals surface area contributed by atoms with Crippen molar-refractivity contribution >= 4 is 5.69 Å². The fourth-order valence-corrected chi connectivity index (χ4v) is 1.23. The second-order valence-electron chi connectivity index (χ2n) is 3.20. The number of benzene rings is 1. The first kappa shape index (κ1) is 10.4. The molecule has 2 rings (SSSR count). The monoisotopic (exact) mass is 219 g/mol. The Bertz CT molecular complexity index is 496. The number of rotatable bonds is 2. The molecule has 1 aromatic heterocycles. The van der Waals surface area contributed by atoms with Gasteiger partial charge in [0.15, 0.2) is 11.6 Å². The first-order chi connectivity index (χ1) is 7.66. The van der Waals surface area contributed by atoms with Crippen LogP contribution in [0.25, 0.3) is 0 Å². The van der Waals surface area contributed by atoms with Crippen LogP contribution in [0.15, 0.2) is 30.5 Å². The molecule has 0 atom stereocenters. The highest BCUT2D eigenvalue weighted by molar-refractivity contribution is 5.53. The first-order valence-corrected chi connectivity index (χ1v) is 4.68. The van der Waals surface area contributed by atoms with Crippen molar-refractivity contribution in [3.05, 3.63) is 42.1 Å². The predicted octanol–water partition coefficient (Wildman–Crippen LogP) is 2.30. The number of hydrogen-bond acceptors (Lipinski definition) is 4. The number of nitrogens with two attached hydrogens (primary N) is 1. The van der Waals surface area contributed by atoms with Crippen LogP contribution in [0.1, 0.15) is 5.82 Å². The number of anilines is 1. The highest BCUT2D eigenvalue weighted by atomic mass is 19.1. The lowest BCUT2D eigenvalue weighted by Gasteiger charge is -2.08. The second kappa shape index (κ2) is 4.14. The lowest BCUT2D eigenvalue weighted by molar-refractivity contribution is 0.427. The van der Waals surface area contributed by atoms with Crippen molar-refractivity contribution in [3.8, 4) is 11.6 Å². The summed E-state index contributed by atoms with van der Waals surface area (Å²) in [6, 6.07) is 5.90. The summed E-state index contributed by atoms with van der Waals surface area (Å²) < 4.78 is 18.7. The molecule has 2 aromatic rings. The van der Waals surface area contributed by atoms with E-state index >= 15 is 0 Å². The van der Waals surface area contributed by atoms with E-state index in [1.165, 1.54) is 18.3 Å². The molecule has 0 unspecified atom stereocenters. The summed E-state index contributed by atoms with van der Waals surface area (Å²) in [4.78, 5) is 7.91. The van der Waals surface area contributed by atoms with Gasteiger partial charge in [0, 0.05) is 12.3 Å². The molecule has 0 aliphatic heterocycles. The zero-order valence-corrected chi connectivity index (χ0v) is 8.64. The molecular weight excluding hydrogens is 209 g/mol. The third kappa shape index (κ3) is 2.08. The van der Waals surface area contributed by atoms with Gasteiger partial charge in [0.2, 0.25) is 5.88 Å². The fraction of sp³-hybridized carbons (Fsp3) is 0.0909. The van der Waals surface area contributed by atoms with Gasteiger partial charge in [-0.3, -0.25) is 0 Å². The van der Waals surface area contributed by atoms with Gasteiger partial charge in [-0.05, 0) is 19.1 Å². The molecule has 16 heavy (non-hydrogen) atoms. The van der Waals surface area contributed by atoms with Crippen LogP contribution in [0.5, 0.6) is 11.6 Å². The third-order valence-electron chi connectivity index (χ3n) is 1.95. The Hall–Kier alpha value is -2.17. The van der Waals surface area contributed by atoms with E-state index in [0.717, 1.165) is 0 Å². The van der Waals surface area contributed by atoms with Crippen LogP contribution < -0.4 is 10.5 Å². The highest BCUT2D eigenvalue weighted by Gasteiger charge is 2.09. The van der Waals surface area contributed by atoms with Crippen LogP contribution in [0.2, 0.25) is 0 Å². The minimum atomic E-state index is -0.517. The maximum absolute atomic E-state index is 13.4. The summed E-state index contributed by atoms with van der Waals surface area (Å²) in [6.45, 7) is 1.72. The van der Waals surface area contributed by atoms with Gasteiger partial charge in [-0.15, -0.1) is 0 Å². The number of aromatic nitrogens is 2. The van der Waals surface area contributed by atoms with E-state index in [-0.39, 0.29) is 17.3 Å². The highest BCUT2D eigenvalue weighted by Crippen LogP contribution is 2.28. The van der Waals surface area contributed by atoms with E-state index in [0.29, 0.717) is 5.82 Å². The van der Waals surface area contributed by atoms with Crippen LogP contribution >= 0.6 is 0 Å². The molecule has 0 bridgehead atoms. The van der Waals surface area contributed by atoms with Crippen LogP contribution in [0, 0.1) is 12.7 Å². The molecule has 0 radical (unpaired) electrons. The van der Waals surface area contributed by atoms with Crippen LogP contribution in [-0.4, -0.2) is 9.97 Å². The van der Waals surface area contributed by atoms with Gasteiger partial charge < -0.3 is 10.5 Å². The molecule has 0 fully saturated rings.